The second kappa shape index (κ2) is 6.62. The number of rotatable bonds is 2. The number of benzene rings is 2. The molecule has 8 nitrogen and oxygen atoms in total. The fraction of sp³-hybridized carbons (Fsp3) is 0.150. The lowest BCUT2D eigenvalue weighted by Crippen LogP contribution is -2.15. The average molecular weight is 392 g/mol. The zero-order valence-electron chi connectivity index (χ0n) is 15.2. The Kier molecular flexibility index (Phi) is 3.94. The Bertz CT molecular complexity index is 1130. The Morgan fingerprint density at radius 3 is 2.62 bits per heavy atom. The van der Waals surface area contributed by atoms with Gasteiger partial charge < -0.3 is 26.3 Å². The average Bonchev–Trinajstić information content (AvgIpc) is 3.08. The zero-order valence-corrected chi connectivity index (χ0v) is 15.2. The zero-order chi connectivity index (χ0) is 20.0. The van der Waals surface area contributed by atoms with Crippen LogP contribution in [0.3, 0.4) is 0 Å². The molecule has 0 aliphatic carbocycles. The van der Waals surface area contributed by atoms with Crippen molar-refractivity contribution in [2.75, 3.05) is 23.6 Å². The molecule has 0 saturated carbocycles. The number of nitrogens with one attached hydrogen (secondary N) is 1. The molecule has 29 heavy (non-hydrogen) atoms. The molecule has 2 aliphatic rings. The van der Waals surface area contributed by atoms with Crippen molar-refractivity contribution < 1.29 is 13.9 Å². The second-order valence-electron chi connectivity index (χ2n) is 6.74. The van der Waals surface area contributed by atoms with Crippen LogP contribution >= 0.6 is 0 Å². The van der Waals surface area contributed by atoms with Gasteiger partial charge in [0, 0.05) is 6.42 Å². The van der Waals surface area contributed by atoms with Crippen LogP contribution < -0.4 is 26.3 Å². The number of fused-ring (bicyclic) bond motifs is 2. The minimum absolute atomic E-state index is 0.0494. The fourth-order valence-corrected chi connectivity index (χ4v) is 3.45. The van der Waals surface area contributed by atoms with Crippen molar-refractivity contribution in [1.82, 2.24) is 9.97 Å². The van der Waals surface area contributed by atoms with E-state index in [1.165, 1.54) is 12.1 Å². The third-order valence-corrected chi connectivity index (χ3v) is 4.86. The number of aromatic nitrogens is 2. The number of hydrogen-bond donors (Lipinski definition) is 3. The topological polar surface area (TPSA) is 121 Å². The Hall–Kier alpha value is -3.88. The summed E-state index contributed by atoms with van der Waals surface area (Å²) in [7, 11) is 0. The molecule has 3 heterocycles. The lowest BCUT2D eigenvalue weighted by atomic mass is 9.97. The standard InChI is InChI=1S/C20H17FN6O2/c21-12-4-1-10(2-5-12)13-8-14(11-3-6-15-16(7-11)29-9-28-15)24-17-18(22)26-20(23)27-19(17)25-13/h1-7,13H,8-9H2,(H5,22,23,25,26,27). The minimum atomic E-state index is -0.303. The molecule has 1 unspecified atom stereocenters. The van der Waals surface area contributed by atoms with Crippen molar-refractivity contribution in [3.05, 3.63) is 59.4 Å². The van der Waals surface area contributed by atoms with Crippen LogP contribution in [-0.4, -0.2) is 22.5 Å². The number of anilines is 3. The van der Waals surface area contributed by atoms with Gasteiger partial charge in [0.05, 0.1) is 11.8 Å². The fourth-order valence-electron chi connectivity index (χ4n) is 3.45. The number of halogens is 1. The molecular formula is C20H17FN6O2. The third kappa shape index (κ3) is 3.16. The summed E-state index contributed by atoms with van der Waals surface area (Å²) in [5.74, 6) is 1.70. The molecule has 0 saturated heterocycles. The predicted molar refractivity (Wildman–Crippen MR) is 107 cm³/mol. The van der Waals surface area contributed by atoms with Gasteiger partial charge in [-0.3, -0.25) is 0 Å². The molecule has 0 amide bonds. The van der Waals surface area contributed by atoms with E-state index in [4.69, 9.17) is 25.9 Å². The molecular weight excluding hydrogens is 375 g/mol. The van der Waals surface area contributed by atoms with E-state index in [0.29, 0.717) is 29.4 Å². The first-order valence-corrected chi connectivity index (χ1v) is 8.99. The van der Waals surface area contributed by atoms with Gasteiger partial charge in [-0.15, -0.1) is 0 Å². The van der Waals surface area contributed by atoms with Crippen LogP contribution in [0.4, 0.5) is 27.7 Å². The van der Waals surface area contributed by atoms with E-state index >= 15 is 0 Å². The number of ether oxygens (including phenoxy) is 2. The molecule has 5 rings (SSSR count). The molecule has 146 valence electrons. The summed E-state index contributed by atoms with van der Waals surface area (Å²) in [4.78, 5) is 13.0. The van der Waals surface area contributed by atoms with Crippen LogP contribution in [0.5, 0.6) is 11.5 Å². The highest BCUT2D eigenvalue weighted by atomic mass is 19.1. The highest BCUT2D eigenvalue weighted by Gasteiger charge is 2.25. The van der Waals surface area contributed by atoms with Crippen molar-refractivity contribution in [3.8, 4) is 11.5 Å². The van der Waals surface area contributed by atoms with E-state index in [1.807, 2.05) is 18.2 Å². The summed E-state index contributed by atoms with van der Waals surface area (Å²) in [6.45, 7) is 0.188. The lowest BCUT2D eigenvalue weighted by molar-refractivity contribution is 0.174. The summed E-state index contributed by atoms with van der Waals surface area (Å²) in [5.41, 5.74) is 14.7. The summed E-state index contributed by atoms with van der Waals surface area (Å²) in [6.07, 6.45) is 0.501. The maximum Gasteiger partial charge on any atom is 0.231 e. The van der Waals surface area contributed by atoms with Gasteiger partial charge in [0.15, 0.2) is 23.1 Å². The smallest absolute Gasteiger partial charge is 0.231 e. The van der Waals surface area contributed by atoms with E-state index in [1.54, 1.807) is 12.1 Å². The summed E-state index contributed by atoms with van der Waals surface area (Å²) >= 11 is 0. The van der Waals surface area contributed by atoms with Crippen LogP contribution in [-0.2, 0) is 0 Å². The van der Waals surface area contributed by atoms with E-state index in [-0.39, 0.29) is 30.4 Å². The molecule has 0 radical (unpaired) electrons. The SMILES string of the molecule is Nc1nc(N)c2c(n1)NC(c1ccc(F)cc1)CC(c1ccc3c(c1)OCO3)=N2. The molecule has 2 aromatic carbocycles. The van der Waals surface area contributed by atoms with Crippen LogP contribution in [0.15, 0.2) is 47.5 Å². The molecule has 0 fully saturated rings. The maximum absolute atomic E-state index is 13.4. The second-order valence-corrected chi connectivity index (χ2v) is 6.74. The first-order valence-electron chi connectivity index (χ1n) is 8.99. The van der Waals surface area contributed by atoms with E-state index in [0.717, 1.165) is 16.8 Å². The van der Waals surface area contributed by atoms with Crippen LogP contribution in [0.25, 0.3) is 0 Å². The number of aliphatic imine (C=N–C) groups is 1. The van der Waals surface area contributed by atoms with Crippen LogP contribution in [0, 0.1) is 5.82 Å². The van der Waals surface area contributed by atoms with Gasteiger partial charge in [-0.25, -0.2) is 9.38 Å². The highest BCUT2D eigenvalue weighted by molar-refractivity contribution is 6.05. The number of nitrogens with zero attached hydrogens (tertiary/aromatic N) is 3. The third-order valence-electron chi connectivity index (χ3n) is 4.86. The van der Waals surface area contributed by atoms with Crippen LogP contribution in [0.2, 0.25) is 0 Å². The predicted octanol–water partition coefficient (Wildman–Crippen LogP) is 3.19. The Balaban J connectivity index is 1.63. The van der Waals surface area contributed by atoms with E-state index < -0.39 is 0 Å². The van der Waals surface area contributed by atoms with Gasteiger partial charge in [-0.05, 0) is 41.5 Å². The number of nitrogen functional groups attached to an aromatic ring is 2. The number of hydrogen-bond acceptors (Lipinski definition) is 8. The van der Waals surface area contributed by atoms with Gasteiger partial charge in [0.25, 0.3) is 0 Å². The summed E-state index contributed by atoms with van der Waals surface area (Å²) in [5, 5.41) is 3.32. The van der Waals surface area contributed by atoms with Crippen molar-refractivity contribution in [2.24, 2.45) is 4.99 Å². The molecule has 0 bridgehead atoms. The summed E-state index contributed by atoms with van der Waals surface area (Å²) in [6, 6.07) is 11.7. The van der Waals surface area contributed by atoms with Gasteiger partial charge in [-0.2, -0.15) is 9.97 Å². The Morgan fingerprint density at radius 1 is 1.00 bits per heavy atom. The molecule has 2 aliphatic heterocycles. The van der Waals surface area contributed by atoms with Gasteiger partial charge in [-0.1, -0.05) is 12.1 Å². The molecule has 1 atom stereocenters. The van der Waals surface area contributed by atoms with Crippen molar-refractivity contribution in [3.63, 3.8) is 0 Å². The van der Waals surface area contributed by atoms with Crippen molar-refractivity contribution in [1.29, 1.82) is 0 Å². The van der Waals surface area contributed by atoms with Gasteiger partial charge in [0.1, 0.15) is 11.5 Å². The first kappa shape index (κ1) is 17.2. The largest absolute Gasteiger partial charge is 0.454 e. The highest BCUT2D eigenvalue weighted by Crippen LogP contribution is 2.39. The Morgan fingerprint density at radius 2 is 1.79 bits per heavy atom. The molecule has 9 heteroatoms. The summed E-state index contributed by atoms with van der Waals surface area (Å²) < 4.78 is 24.3. The quantitative estimate of drug-likeness (QED) is 0.612. The lowest BCUT2D eigenvalue weighted by Gasteiger charge is -2.19. The minimum Gasteiger partial charge on any atom is -0.454 e. The Labute approximate surface area is 165 Å². The van der Waals surface area contributed by atoms with Gasteiger partial charge in [0.2, 0.25) is 12.7 Å². The normalized spacial score (nSPS) is 17.1. The molecule has 1 aromatic heterocycles. The molecule has 0 spiro atoms. The molecule has 3 aromatic rings. The van der Waals surface area contributed by atoms with Crippen molar-refractivity contribution in [2.45, 2.75) is 12.5 Å². The van der Waals surface area contributed by atoms with Gasteiger partial charge >= 0.3 is 0 Å². The monoisotopic (exact) mass is 392 g/mol. The first-order chi connectivity index (χ1) is 14.1. The van der Waals surface area contributed by atoms with E-state index in [9.17, 15) is 4.39 Å². The van der Waals surface area contributed by atoms with Crippen LogP contribution in [0.1, 0.15) is 23.6 Å². The number of nitrogens with two attached hydrogens (primary N) is 2. The van der Waals surface area contributed by atoms with E-state index in [2.05, 4.69) is 15.3 Å². The molecule has 5 N–H and O–H groups in total. The van der Waals surface area contributed by atoms with Crippen molar-refractivity contribution >= 4 is 29.0 Å². The maximum atomic E-state index is 13.4.